The molecule has 0 radical (unpaired) electrons. The lowest BCUT2D eigenvalue weighted by Crippen LogP contribution is -2.48. The number of halogens is 1. The summed E-state index contributed by atoms with van der Waals surface area (Å²) in [6, 6.07) is 5.05. The van der Waals surface area contributed by atoms with Gasteiger partial charge in [-0.15, -0.1) is 0 Å². The third kappa shape index (κ3) is 2.57. The zero-order chi connectivity index (χ0) is 16.6. The molecule has 0 amide bonds. The Balaban J connectivity index is 1.86. The number of hydrogen-bond acceptors (Lipinski definition) is 6. The molecule has 124 valence electrons. The van der Waals surface area contributed by atoms with Crippen LogP contribution >= 0.6 is 11.8 Å². The lowest BCUT2D eigenvalue weighted by atomic mass is 9.76. The van der Waals surface area contributed by atoms with Gasteiger partial charge in [-0.25, -0.2) is 19.4 Å². The van der Waals surface area contributed by atoms with Gasteiger partial charge < -0.3 is 10.5 Å². The zero-order valence-electron chi connectivity index (χ0n) is 13.0. The molecule has 0 spiro atoms. The molecule has 1 unspecified atom stereocenters. The van der Waals surface area contributed by atoms with Crippen molar-refractivity contribution in [3.63, 3.8) is 0 Å². The summed E-state index contributed by atoms with van der Waals surface area (Å²) in [5.41, 5.74) is 7.47. The Hall–Kier alpha value is -1.99. The monoisotopic (exact) mass is 344 g/mol. The first-order valence-electron chi connectivity index (χ1n) is 7.80. The van der Waals surface area contributed by atoms with Crippen molar-refractivity contribution in [2.45, 2.75) is 12.0 Å². The van der Waals surface area contributed by atoms with Crippen molar-refractivity contribution < 1.29 is 9.13 Å². The lowest BCUT2D eigenvalue weighted by molar-refractivity contribution is 0.00303. The summed E-state index contributed by atoms with van der Waals surface area (Å²) in [4.78, 5) is 12.7. The SMILES string of the molecule is NC1=N[C@@]2(c3cc(-c4cncnc4)ccc3F)COCCC2CS1. The average molecular weight is 344 g/mol. The molecule has 4 rings (SSSR count). The van der Waals surface area contributed by atoms with E-state index in [1.807, 2.05) is 6.07 Å². The first-order valence-corrected chi connectivity index (χ1v) is 8.79. The lowest BCUT2D eigenvalue weighted by Gasteiger charge is -2.43. The van der Waals surface area contributed by atoms with E-state index in [0.29, 0.717) is 23.9 Å². The molecule has 2 aliphatic heterocycles. The van der Waals surface area contributed by atoms with Gasteiger partial charge >= 0.3 is 0 Å². The number of amidine groups is 1. The van der Waals surface area contributed by atoms with Crippen LogP contribution < -0.4 is 5.73 Å². The van der Waals surface area contributed by atoms with Crippen molar-refractivity contribution in [3.05, 3.63) is 48.3 Å². The van der Waals surface area contributed by atoms with Gasteiger partial charge in [0.2, 0.25) is 0 Å². The van der Waals surface area contributed by atoms with Crippen LogP contribution in [-0.4, -0.2) is 34.1 Å². The van der Waals surface area contributed by atoms with Crippen molar-refractivity contribution in [1.29, 1.82) is 0 Å². The number of fused-ring (bicyclic) bond motifs is 1. The molecule has 24 heavy (non-hydrogen) atoms. The molecule has 7 heteroatoms. The number of nitrogens with zero attached hydrogens (tertiary/aromatic N) is 3. The topological polar surface area (TPSA) is 73.4 Å². The van der Waals surface area contributed by atoms with Crippen molar-refractivity contribution in [2.75, 3.05) is 19.0 Å². The molecule has 0 bridgehead atoms. The van der Waals surface area contributed by atoms with E-state index >= 15 is 0 Å². The summed E-state index contributed by atoms with van der Waals surface area (Å²) < 4.78 is 20.4. The summed E-state index contributed by atoms with van der Waals surface area (Å²) in [5.74, 6) is 0.756. The average Bonchev–Trinajstić information content (AvgIpc) is 2.62. The first kappa shape index (κ1) is 15.5. The van der Waals surface area contributed by atoms with E-state index < -0.39 is 5.54 Å². The Labute approximate surface area is 143 Å². The molecule has 2 aromatic rings. The largest absolute Gasteiger partial charge is 0.379 e. The Bertz CT molecular complexity index is 785. The second-order valence-corrected chi connectivity index (χ2v) is 7.09. The van der Waals surface area contributed by atoms with Gasteiger partial charge in [-0.3, -0.25) is 0 Å². The minimum absolute atomic E-state index is 0.209. The fraction of sp³-hybridized carbons (Fsp3) is 0.353. The summed E-state index contributed by atoms with van der Waals surface area (Å²) in [5, 5.41) is 0.490. The molecule has 3 heterocycles. The minimum atomic E-state index is -0.747. The highest BCUT2D eigenvalue weighted by Gasteiger charge is 2.47. The standard InChI is InChI=1S/C17H17FN4OS/c18-15-2-1-11(12-6-20-10-21-7-12)5-14(15)17-9-23-4-3-13(17)8-24-16(19)22-17/h1-2,5-7,10,13H,3-4,8-9H2,(H2,19,22)/t13?,17-/m0/s1. The fourth-order valence-electron chi connectivity index (χ4n) is 3.41. The highest BCUT2D eigenvalue weighted by molar-refractivity contribution is 8.13. The molecule has 0 aliphatic carbocycles. The van der Waals surface area contributed by atoms with Crippen molar-refractivity contribution in [3.8, 4) is 11.1 Å². The maximum atomic E-state index is 14.8. The number of nitrogens with two attached hydrogens (primary N) is 1. The van der Waals surface area contributed by atoms with E-state index in [4.69, 9.17) is 10.5 Å². The quantitative estimate of drug-likeness (QED) is 0.906. The molecule has 2 N–H and O–H groups in total. The summed E-state index contributed by atoms with van der Waals surface area (Å²) in [6.45, 7) is 1.03. The van der Waals surface area contributed by atoms with Gasteiger partial charge in [0.25, 0.3) is 0 Å². The van der Waals surface area contributed by atoms with Crippen molar-refractivity contribution in [1.82, 2.24) is 9.97 Å². The third-order valence-corrected chi connectivity index (χ3v) is 5.63. The predicted octanol–water partition coefficient (Wildman–Crippen LogP) is 2.58. The number of aliphatic imine (C=N–C) groups is 1. The van der Waals surface area contributed by atoms with Crippen LogP contribution in [0.2, 0.25) is 0 Å². The third-order valence-electron chi connectivity index (χ3n) is 4.68. The summed E-state index contributed by atoms with van der Waals surface area (Å²) >= 11 is 1.53. The van der Waals surface area contributed by atoms with E-state index in [1.165, 1.54) is 24.2 Å². The number of ether oxygens (including phenoxy) is 1. The summed E-state index contributed by atoms with van der Waals surface area (Å²) in [6.07, 6.45) is 5.75. The minimum Gasteiger partial charge on any atom is -0.379 e. The van der Waals surface area contributed by atoms with E-state index in [1.54, 1.807) is 18.5 Å². The predicted molar refractivity (Wildman–Crippen MR) is 92.1 cm³/mol. The number of hydrogen-bond donors (Lipinski definition) is 1. The normalized spacial score (nSPS) is 26.5. The van der Waals surface area contributed by atoms with Crippen LogP contribution in [0.3, 0.4) is 0 Å². The van der Waals surface area contributed by atoms with E-state index in [2.05, 4.69) is 15.0 Å². The molecule has 0 saturated carbocycles. The molecule has 1 fully saturated rings. The van der Waals surface area contributed by atoms with E-state index in [-0.39, 0.29) is 11.7 Å². The summed E-state index contributed by atoms with van der Waals surface area (Å²) in [7, 11) is 0. The van der Waals surface area contributed by atoms with Crippen LogP contribution in [0.25, 0.3) is 11.1 Å². The van der Waals surface area contributed by atoms with Gasteiger partial charge in [-0.1, -0.05) is 17.8 Å². The second kappa shape index (κ2) is 6.14. The second-order valence-electron chi connectivity index (χ2n) is 6.05. The Kier molecular flexibility index (Phi) is 3.97. The Morgan fingerprint density at radius 3 is 2.92 bits per heavy atom. The molecular formula is C17H17FN4OS. The highest BCUT2D eigenvalue weighted by Crippen LogP contribution is 2.45. The van der Waals surface area contributed by atoms with E-state index in [0.717, 1.165) is 23.3 Å². The van der Waals surface area contributed by atoms with Crippen LogP contribution in [0.15, 0.2) is 41.9 Å². The molecule has 1 aromatic carbocycles. The van der Waals surface area contributed by atoms with Crippen LogP contribution in [0, 0.1) is 11.7 Å². The van der Waals surface area contributed by atoms with Gasteiger partial charge in [-0.05, 0) is 24.1 Å². The molecule has 1 aromatic heterocycles. The smallest absolute Gasteiger partial charge is 0.154 e. The van der Waals surface area contributed by atoms with Crippen LogP contribution in [0.1, 0.15) is 12.0 Å². The van der Waals surface area contributed by atoms with Gasteiger partial charge in [0.15, 0.2) is 5.17 Å². The fourth-order valence-corrected chi connectivity index (χ4v) is 4.45. The van der Waals surface area contributed by atoms with Crippen molar-refractivity contribution >= 4 is 16.9 Å². The molecule has 1 saturated heterocycles. The van der Waals surface area contributed by atoms with Crippen LogP contribution in [0.5, 0.6) is 0 Å². The maximum Gasteiger partial charge on any atom is 0.154 e. The van der Waals surface area contributed by atoms with Crippen LogP contribution in [-0.2, 0) is 10.3 Å². The first-order chi connectivity index (χ1) is 11.7. The molecule has 5 nitrogen and oxygen atoms in total. The number of aromatic nitrogens is 2. The zero-order valence-corrected chi connectivity index (χ0v) is 13.8. The molecule has 2 atom stereocenters. The molecule has 2 aliphatic rings. The van der Waals surface area contributed by atoms with E-state index in [9.17, 15) is 4.39 Å². The van der Waals surface area contributed by atoms with Gasteiger partial charge in [-0.2, -0.15) is 0 Å². The Morgan fingerprint density at radius 2 is 2.08 bits per heavy atom. The van der Waals surface area contributed by atoms with Crippen LogP contribution in [0.4, 0.5) is 4.39 Å². The van der Waals surface area contributed by atoms with Gasteiger partial charge in [0, 0.05) is 41.8 Å². The van der Waals surface area contributed by atoms with Crippen molar-refractivity contribution in [2.24, 2.45) is 16.6 Å². The maximum absolute atomic E-state index is 14.8. The number of benzene rings is 1. The molecular weight excluding hydrogens is 327 g/mol. The van der Waals surface area contributed by atoms with Gasteiger partial charge in [0.1, 0.15) is 17.7 Å². The number of rotatable bonds is 2. The highest BCUT2D eigenvalue weighted by atomic mass is 32.2. The Morgan fingerprint density at radius 1 is 1.25 bits per heavy atom. The number of thioether (sulfide) groups is 1. The van der Waals surface area contributed by atoms with Gasteiger partial charge in [0.05, 0.1) is 6.61 Å².